The smallest absolute Gasteiger partial charge is 0.350 e. The predicted octanol–water partition coefficient (Wildman–Crippen LogP) is 5.66. The second-order valence-corrected chi connectivity index (χ2v) is 10.9. The Morgan fingerprint density at radius 3 is 1.66 bits per heavy atom. The van der Waals surface area contributed by atoms with Crippen LogP contribution in [0.2, 0.25) is 0 Å². The first-order chi connectivity index (χ1) is 13.3. The van der Waals surface area contributed by atoms with Gasteiger partial charge in [0.25, 0.3) is 0 Å². The molecule has 2 aromatic rings. The number of nitrogens with zero attached hydrogens (tertiary/aromatic N) is 2. The maximum atomic E-state index is 11.5. The lowest BCUT2D eigenvalue weighted by Gasteiger charge is -2.13. The lowest BCUT2D eigenvalue weighted by molar-refractivity contribution is 0.0596. The molecular weight excluding hydrogens is 476 g/mol. The Hall–Kier alpha value is -1.32. The summed E-state index contributed by atoms with van der Waals surface area (Å²) in [5, 5.41) is 2.50. The lowest BCUT2D eigenvalue weighted by atomic mass is 9.98. The van der Waals surface area contributed by atoms with Crippen LogP contribution in [0.1, 0.15) is 82.3 Å². The van der Waals surface area contributed by atoms with Gasteiger partial charge in [-0.05, 0) is 6.92 Å². The molecule has 0 aromatic carbocycles. The van der Waals surface area contributed by atoms with Gasteiger partial charge in [-0.2, -0.15) is 0 Å². The monoisotopic (exact) mass is 504 g/mol. The van der Waals surface area contributed by atoms with Gasteiger partial charge in [-0.15, -0.1) is 22.7 Å². The van der Waals surface area contributed by atoms with Crippen LogP contribution in [0.5, 0.6) is 0 Å². The molecule has 0 spiro atoms. The Morgan fingerprint density at radius 2 is 1.28 bits per heavy atom. The van der Waals surface area contributed by atoms with E-state index in [1.165, 1.54) is 36.9 Å². The second kappa shape index (κ2) is 10.1. The number of carbonyl (C=O) groups is 2. The number of thiazole rings is 2. The summed E-state index contributed by atoms with van der Waals surface area (Å²) >= 11 is 6.14. The number of alkyl halides is 1. The zero-order valence-electron chi connectivity index (χ0n) is 18.4. The van der Waals surface area contributed by atoms with Crippen molar-refractivity contribution < 1.29 is 19.1 Å². The van der Waals surface area contributed by atoms with Crippen LogP contribution >= 0.6 is 38.6 Å². The fourth-order valence-corrected chi connectivity index (χ4v) is 4.71. The van der Waals surface area contributed by atoms with Crippen molar-refractivity contribution in [3.63, 3.8) is 0 Å². The van der Waals surface area contributed by atoms with Crippen molar-refractivity contribution in [2.45, 2.75) is 64.6 Å². The van der Waals surface area contributed by atoms with Crippen molar-refractivity contribution in [2.24, 2.45) is 0 Å². The van der Waals surface area contributed by atoms with Gasteiger partial charge in [0.15, 0.2) is 0 Å². The summed E-state index contributed by atoms with van der Waals surface area (Å²) in [6.45, 7) is 14.3. The zero-order valence-corrected chi connectivity index (χ0v) is 21.6. The van der Waals surface area contributed by atoms with Gasteiger partial charge in [0.1, 0.15) is 9.75 Å². The molecule has 0 radical (unpaired) electrons. The summed E-state index contributed by atoms with van der Waals surface area (Å²) in [6.07, 6.45) is 0. The molecule has 9 heteroatoms. The molecule has 0 unspecified atom stereocenters. The average Bonchev–Trinajstić information content (AvgIpc) is 3.24. The Balaban J connectivity index is 0.000000291. The van der Waals surface area contributed by atoms with E-state index in [1.807, 2.05) is 6.92 Å². The maximum absolute atomic E-state index is 11.5. The second-order valence-electron chi connectivity index (χ2n) is 8.35. The van der Waals surface area contributed by atoms with Crippen molar-refractivity contribution in [3.8, 4) is 0 Å². The molecule has 0 amide bonds. The van der Waals surface area contributed by atoms with Crippen molar-refractivity contribution >= 4 is 50.5 Å². The van der Waals surface area contributed by atoms with Crippen molar-refractivity contribution in [2.75, 3.05) is 14.2 Å². The van der Waals surface area contributed by atoms with E-state index in [0.717, 1.165) is 21.4 Å². The lowest BCUT2D eigenvalue weighted by Crippen LogP contribution is -2.10. The first-order valence-corrected chi connectivity index (χ1v) is 11.7. The fourth-order valence-electron chi connectivity index (χ4n) is 2.01. The number of hydrogen-bond acceptors (Lipinski definition) is 8. The van der Waals surface area contributed by atoms with E-state index in [4.69, 9.17) is 4.74 Å². The highest BCUT2D eigenvalue weighted by Gasteiger charge is 2.25. The normalized spacial score (nSPS) is 11.5. The van der Waals surface area contributed by atoms with Crippen LogP contribution in [-0.2, 0) is 25.6 Å². The summed E-state index contributed by atoms with van der Waals surface area (Å²) in [6, 6.07) is 0. The summed E-state index contributed by atoms with van der Waals surface area (Å²) < 4.78 is 9.39. The van der Waals surface area contributed by atoms with Crippen LogP contribution in [0.4, 0.5) is 0 Å². The SMILES string of the molecule is COC(=O)c1sc(C(C)(C)C)nc1C.COC(=O)c1sc(C(C)(C)C)nc1CBr. The third-order valence-corrected chi connectivity index (χ3v) is 7.24. The van der Waals surface area contributed by atoms with Crippen LogP contribution in [0.3, 0.4) is 0 Å². The van der Waals surface area contributed by atoms with Gasteiger partial charge in [-0.1, -0.05) is 57.5 Å². The van der Waals surface area contributed by atoms with E-state index < -0.39 is 0 Å². The molecule has 2 aromatic heterocycles. The van der Waals surface area contributed by atoms with E-state index in [-0.39, 0.29) is 22.8 Å². The third kappa shape index (κ3) is 6.86. The molecule has 0 aliphatic rings. The molecule has 0 fully saturated rings. The van der Waals surface area contributed by atoms with Crippen LogP contribution in [0, 0.1) is 6.92 Å². The number of aryl methyl sites for hydroxylation is 1. The fraction of sp³-hybridized carbons (Fsp3) is 0.600. The molecule has 2 heterocycles. The molecule has 0 saturated carbocycles. The first kappa shape index (κ1) is 25.7. The van der Waals surface area contributed by atoms with Crippen LogP contribution < -0.4 is 0 Å². The van der Waals surface area contributed by atoms with Crippen LogP contribution in [0.25, 0.3) is 0 Å². The number of esters is 2. The van der Waals surface area contributed by atoms with Gasteiger partial charge in [-0.3, -0.25) is 0 Å². The van der Waals surface area contributed by atoms with E-state index in [2.05, 4.69) is 72.2 Å². The highest BCUT2D eigenvalue weighted by atomic mass is 79.9. The number of rotatable bonds is 3. The largest absolute Gasteiger partial charge is 0.465 e. The summed E-state index contributed by atoms with van der Waals surface area (Å²) in [4.78, 5) is 32.8. The van der Waals surface area contributed by atoms with Gasteiger partial charge in [0.2, 0.25) is 0 Å². The minimum Gasteiger partial charge on any atom is -0.465 e. The maximum Gasteiger partial charge on any atom is 0.350 e. The van der Waals surface area contributed by atoms with E-state index in [0.29, 0.717) is 15.1 Å². The number of carbonyl (C=O) groups excluding carboxylic acids is 2. The molecule has 29 heavy (non-hydrogen) atoms. The Labute approximate surface area is 189 Å². The quantitative estimate of drug-likeness (QED) is 0.396. The molecule has 0 saturated heterocycles. The van der Waals surface area contributed by atoms with E-state index in [1.54, 1.807) is 0 Å². The minimum absolute atomic E-state index is 0.0122. The summed E-state index contributed by atoms with van der Waals surface area (Å²) in [5.74, 6) is -0.604. The standard InChI is InChI=1S/C10H14BrNO2S.C10H15NO2S/c1-10(2,3)9-12-6(5-11)7(15-9)8(13)14-4;1-6-7(8(12)13-5)14-9(11-6)10(2,3)4/h5H2,1-4H3;1-5H3. The van der Waals surface area contributed by atoms with Crippen molar-refractivity contribution in [1.82, 2.24) is 9.97 Å². The Bertz CT molecular complexity index is 861. The van der Waals surface area contributed by atoms with Crippen molar-refractivity contribution in [3.05, 3.63) is 31.2 Å². The van der Waals surface area contributed by atoms with Crippen LogP contribution in [0.15, 0.2) is 0 Å². The highest BCUT2D eigenvalue weighted by Crippen LogP contribution is 2.31. The predicted molar refractivity (Wildman–Crippen MR) is 122 cm³/mol. The molecule has 162 valence electrons. The average molecular weight is 506 g/mol. The molecule has 0 aliphatic carbocycles. The number of methoxy groups -OCH3 is 2. The number of halogens is 1. The molecular formula is C20H29BrN2O4S2. The van der Waals surface area contributed by atoms with Crippen LogP contribution in [-0.4, -0.2) is 36.1 Å². The minimum atomic E-state index is -0.308. The molecule has 0 bridgehead atoms. The van der Waals surface area contributed by atoms with Gasteiger partial charge >= 0.3 is 11.9 Å². The number of aromatic nitrogens is 2. The third-order valence-electron chi connectivity index (χ3n) is 3.65. The highest BCUT2D eigenvalue weighted by molar-refractivity contribution is 9.08. The van der Waals surface area contributed by atoms with Gasteiger partial charge in [0, 0.05) is 16.2 Å². The van der Waals surface area contributed by atoms with Gasteiger partial charge in [0.05, 0.1) is 35.6 Å². The van der Waals surface area contributed by atoms with E-state index in [9.17, 15) is 9.59 Å². The first-order valence-electron chi connectivity index (χ1n) is 8.96. The topological polar surface area (TPSA) is 78.4 Å². The van der Waals surface area contributed by atoms with Crippen molar-refractivity contribution in [1.29, 1.82) is 0 Å². The molecule has 0 N–H and O–H groups in total. The Morgan fingerprint density at radius 1 is 0.862 bits per heavy atom. The summed E-state index contributed by atoms with van der Waals surface area (Å²) in [5.41, 5.74) is 1.47. The molecule has 0 aliphatic heterocycles. The summed E-state index contributed by atoms with van der Waals surface area (Å²) in [7, 11) is 2.77. The van der Waals surface area contributed by atoms with E-state index >= 15 is 0 Å². The van der Waals surface area contributed by atoms with Gasteiger partial charge < -0.3 is 9.47 Å². The van der Waals surface area contributed by atoms with Gasteiger partial charge in [-0.25, -0.2) is 19.6 Å². The molecule has 6 nitrogen and oxygen atoms in total. The molecule has 2 rings (SSSR count). The number of hydrogen-bond donors (Lipinski definition) is 0. The molecule has 0 atom stereocenters. The number of ether oxygens (including phenoxy) is 2. The Kier molecular flexibility index (Phi) is 8.98. The zero-order chi connectivity index (χ0) is 22.6.